The summed E-state index contributed by atoms with van der Waals surface area (Å²) in [7, 11) is 0. The summed E-state index contributed by atoms with van der Waals surface area (Å²) in [5.74, 6) is -0.900. The minimum Gasteiger partial charge on any atom is -0.507 e. The fourth-order valence-corrected chi connectivity index (χ4v) is 7.25. The molecular weight excluding hydrogens is 494 g/mol. The summed E-state index contributed by atoms with van der Waals surface area (Å²) in [4.78, 5) is 55.7. The van der Waals surface area contributed by atoms with E-state index >= 15 is 0 Å². The number of hydrogen-bond acceptors (Lipinski definition) is 5. The van der Waals surface area contributed by atoms with Crippen LogP contribution in [0.15, 0.2) is 80.9 Å². The molecule has 4 atom stereocenters. The van der Waals surface area contributed by atoms with Gasteiger partial charge in [-0.15, -0.1) is 0 Å². The van der Waals surface area contributed by atoms with Gasteiger partial charge in [-0.1, -0.05) is 56.3 Å². The molecule has 8 heteroatoms. The van der Waals surface area contributed by atoms with E-state index < -0.39 is 34.2 Å². The van der Waals surface area contributed by atoms with Crippen LogP contribution in [0.3, 0.4) is 0 Å². The van der Waals surface area contributed by atoms with Crippen LogP contribution in [0.2, 0.25) is 0 Å². The van der Waals surface area contributed by atoms with Crippen molar-refractivity contribution >= 4 is 11.6 Å². The summed E-state index contributed by atoms with van der Waals surface area (Å²) in [6.45, 7) is 8.92. The maximum absolute atomic E-state index is 14.2. The largest absolute Gasteiger partial charge is 0.507 e. The number of aromatic nitrogens is 3. The molecule has 39 heavy (non-hydrogen) atoms. The Morgan fingerprint density at radius 1 is 0.846 bits per heavy atom. The van der Waals surface area contributed by atoms with Crippen molar-refractivity contribution in [3.63, 3.8) is 0 Å². The van der Waals surface area contributed by atoms with E-state index in [4.69, 9.17) is 0 Å². The molecule has 1 N–H and O–H groups in total. The summed E-state index contributed by atoms with van der Waals surface area (Å²) in [5, 5.41) is 11.3. The third-order valence-electron chi connectivity index (χ3n) is 9.71. The summed E-state index contributed by atoms with van der Waals surface area (Å²) >= 11 is 0. The lowest BCUT2D eigenvalue weighted by atomic mass is 9.43. The van der Waals surface area contributed by atoms with Crippen molar-refractivity contribution in [3.05, 3.63) is 103 Å². The van der Waals surface area contributed by atoms with Crippen molar-refractivity contribution in [1.82, 2.24) is 13.9 Å². The zero-order valence-electron chi connectivity index (χ0n) is 22.7. The topological polar surface area (TPSA) is 103 Å². The van der Waals surface area contributed by atoms with E-state index in [0.717, 1.165) is 10.1 Å². The van der Waals surface area contributed by atoms with Gasteiger partial charge in [0, 0.05) is 16.9 Å². The number of allylic oxidation sites excluding steroid dienone is 4. The van der Waals surface area contributed by atoms with Crippen LogP contribution in [-0.4, -0.2) is 30.6 Å². The Morgan fingerprint density at radius 2 is 1.51 bits per heavy atom. The lowest BCUT2D eigenvalue weighted by Gasteiger charge is -2.58. The number of carbonyl (C=O) groups is 2. The highest BCUT2D eigenvalue weighted by Gasteiger charge is 2.67. The number of phenolic OH excluding ortho intramolecular Hbond substituents is 1. The standard InChI is InChI=1S/C31H31N3O5/c1-17-10-9-13-22(25(17)35)24-21-14-15-32-28(38)33(20-11-7-6-8-12-20)29(39)34(32)23(21)16-30(4)26(36)18(2)19(3)27(37)31(24,30)5/h6-14,23-24,35H,15-16H2,1-5H3. The molecule has 0 bridgehead atoms. The Kier molecular flexibility index (Phi) is 5.24. The molecule has 2 aromatic carbocycles. The summed E-state index contributed by atoms with van der Waals surface area (Å²) < 4.78 is 4.01. The Balaban J connectivity index is 1.67. The molecule has 1 fully saturated rings. The molecule has 0 radical (unpaired) electrons. The second-order valence-electron chi connectivity index (χ2n) is 11.5. The first-order chi connectivity index (χ1) is 18.4. The van der Waals surface area contributed by atoms with Crippen molar-refractivity contribution in [2.24, 2.45) is 10.8 Å². The SMILES string of the molecule is CC1=C(C)C(=O)C2(C)C(c3cccc(C)c3O)C3=CCn4c(=O)n(-c5ccccc5)c(=O)n4C3CC2(C)C1=O. The maximum atomic E-state index is 14.2. The van der Waals surface area contributed by atoms with Gasteiger partial charge in [-0.25, -0.2) is 23.5 Å². The number of aromatic hydroxyl groups is 1. The average molecular weight is 526 g/mol. The Bertz CT molecular complexity index is 1770. The third-order valence-corrected chi connectivity index (χ3v) is 9.71. The van der Waals surface area contributed by atoms with Gasteiger partial charge in [0.25, 0.3) is 0 Å². The number of aryl methyl sites for hydroxylation is 1. The molecule has 2 heterocycles. The number of phenols is 1. The molecule has 6 rings (SSSR count). The van der Waals surface area contributed by atoms with Crippen LogP contribution in [-0.2, 0) is 16.1 Å². The van der Waals surface area contributed by atoms with Gasteiger partial charge >= 0.3 is 11.4 Å². The molecule has 3 aromatic rings. The van der Waals surface area contributed by atoms with Crippen LogP contribution in [0, 0.1) is 17.8 Å². The van der Waals surface area contributed by atoms with Crippen LogP contribution in [0.5, 0.6) is 5.75 Å². The first-order valence-electron chi connectivity index (χ1n) is 13.2. The zero-order chi connectivity index (χ0) is 28.0. The minimum absolute atomic E-state index is 0.0639. The highest BCUT2D eigenvalue weighted by atomic mass is 16.3. The van der Waals surface area contributed by atoms with Gasteiger partial charge in [0.05, 0.1) is 23.7 Å². The number of fused-ring (bicyclic) bond motifs is 4. The molecular formula is C31H31N3O5. The number of Topliss-reactive ketones (excluding diaryl/α,β-unsaturated/α-hetero) is 2. The van der Waals surface area contributed by atoms with Crippen molar-refractivity contribution in [2.75, 3.05) is 0 Å². The van der Waals surface area contributed by atoms with Crippen LogP contribution < -0.4 is 11.4 Å². The van der Waals surface area contributed by atoms with Crippen molar-refractivity contribution in [1.29, 1.82) is 0 Å². The maximum Gasteiger partial charge on any atom is 0.352 e. The predicted octanol–water partition coefficient (Wildman–Crippen LogP) is 3.98. The van der Waals surface area contributed by atoms with E-state index in [0.29, 0.717) is 28.0 Å². The summed E-state index contributed by atoms with van der Waals surface area (Å²) in [6.07, 6.45) is 2.07. The van der Waals surface area contributed by atoms with E-state index in [1.165, 1.54) is 9.36 Å². The van der Waals surface area contributed by atoms with Crippen LogP contribution >= 0.6 is 0 Å². The molecule has 0 spiro atoms. The first kappa shape index (κ1) is 25.1. The number of ketones is 2. The number of rotatable bonds is 2. The number of nitrogens with zero attached hydrogens (tertiary/aromatic N) is 3. The van der Waals surface area contributed by atoms with Gasteiger partial charge in [-0.05, 0) is 61.6 Å². The van der Waals surface area contributed by atoms with Crippen LogP contribution in [0.4, 0.5) is 0 Å². The monoisotopic (exact) mass is 525 g/mol. The minimum atomic E-state index is -1.21. The Labute approximate surface area is 225 Å². The molecule has 200 valence electrons. The lowest BCUT2D eigenvalue weighted by molar-refractivity contribution is -0.151. The van der Waals surface area contributed by atoms with E-state index in [-0.39, 0.29) is 30.3 Å². The third kappa shape index (κ3) is 3.00. The van der Waals surface area contributed by atoms with Gasteiger partial charge in [-0.2, -0.15) is 0 Å². The van der Waals surface area contributed by atoms with Crippen LogP contribution in [0.1, 0.15) is 57.2 Å². The van der Waals surface area contributed by atoms with Gasteiger partial charge < -0.3 is 5.11 Å². The van der Waals surface area contributed by atoms with E-state index in [1.54, 1.807) is 64.1 Å². The van der Waals surface area contributed by atoms with Gasteiger partial charge in [-0.3, -0.25) is 9.59 Å². The molecule has 0 saturated heterocycles. The molecule has 8 nitrogen and oxygen atoms in total. The van der Waals surface area contributed by atoms with Crippen molar-refractivity contribution < 1.29 is 14.7 Å². The molecule has 2 aliphatic carbocycles. The average Bonchev–Trinajstić information content (AvgIpc) is 3.19. The van der Waals surface area contributed by atoms with E-state index in [2.05, 4.69) is 0 Å². The Hall–Kier alpha value is -4.20. The van der Waals surface area contributed by atoms with E-state index in [9.17, 15) is 24.3 Å². The second-order valence-corrected chi connectivity index (χ2v) is 11.5. The van der Waals surface area contributed by atoms with E-state index in [1.807, 2.05) is 25.1 Å². The zero-order valence-corrected chi connectivity index (χ0v) is 22.7. The normalized spacial score (nSPS) is 28.1. The highest BCUT2D eigenvalue weighted by molar-refractivity contribution is 6.17. The van der Waals surface area contributed by atoms with Crippen LogP contribution in [0.25, 0.3) is 5.69 Å². The lowest BCUT2D eigenvalue weighted by Crippen LogP contribution is -2.61. The molecule has 3 aliphatic rings. The number of benzene rings is 2. The second kappa shape index (κ2) is 8.15. The predicted molar refractivity (Wildman–Crippen MR) is 146 cm³/mol. The van der Waals surface area contributed by atoms with Crippen molar-refractivity contribution in [2.45, 2.75) is 59.5 Å². The van der Waals surface area contributed by atoms with Crippen molar-refractivity contribution in [3.8, 4) is 11.4 Å². The first-order valence-corrected chi connectivity index (χ1v) is 13.2. The number of hydrogen-bond donors (Lipinski definition) is 1. The molecule has 1 saturated carbocycles. The quantitative estimate of drug-likeness (QED) is 0.510. The summed E-state index contributed by atoms with van der Waals surface area (Å²) in [6, 6.07) is 13.5. The smallest absolute Gasteiger partial charge is 0.352 e. The van der Waals surface area contributed by atoms with Gasteiger partial charge in [0.15, 0.2) is 11.6 Å². The fraction of sp³-hybridized carbons (Fsp3) is 0.355. The molecule has 1 aromatic heterocycles. The summed E-state index contributed by atoms with van der Waals surface area (Å²) in [5.41, 5.74) is -0.111. The highest BCUT2D eigenvalue weighted by Crippen LogP contribution is 2.66. The molecule has 0 amide bonds. The van der Waals surface area contributed by atoms with Gasteiger partial charge in [0.1, 0.15) is 5.75 Å². The number of para-hydroxylation sites is 2. The Morgan fingerprint density at radius 3 is 2.21 bits per heavy atom. The number of carbonyl (C=O) groups excluding carboxylic acids is 2. The van der Waals surface area contributed by atoms with Gasteiger partial charge in [0.2, 0.25) is 0 Å². The molecule has 4 unspecified atom stereocenters. The fourth-order valence-electron chi connectivity index (χ4n) is 7.25. The molecule has 1 aliphatic heterocycles.